The quantitative estimate of drug-likeness (QED) is 0.426. The highest BCUT2D eigenvalue weighted by molar-refractivity contribution is 6.44. The third kappa shape index (κ3) is 2.41. The third-order valence-electron chi connectivity index (χ3n) is 1.54. The molecule has 0 aliphatic rings. The first-order chi connectivity index (χ1) is 6.75. The zero-order valence-electron chi connectivity index (χ0n) is 6.83. The number of halogens is 6. The number of Topliss-reactive ketones (excluding diaryl/α,β-unsaturated/α-hetero) is 1. The van der Waals surface area contributed by atoms with Crippen molar-refractivity contribution in [1.82, 2.24) is 0 Å². The van der Waals surface area contributed by atoms with E-state index in [-0.39, 0.29) is 0 Å². The Kier molecular flexibility index (Phi) is 3.25. The molecule has 1 rings (SSSR count). The minimum atomic E-state index is -5.06. The number of carbonyl (C=O) groups excluding carboxylic acids is 1. The van der Waals surface area contributed by atoms with Gasteiger partial charge in [0.25, 0.3) is 5.78 Å². The summed E-state index contributed by atoms with van der Waals surface area (Å²) in [6.07, 6.45) is -5.06. The summed E-state index contributed by atoms with van der Waals surface area (Å²) in [6, 6.07) is 1.28. The van der Waals surface area contributed by atoms with Crippen molar-refractivity contribution in [2.75, 3.05) is 0 Å². The number of rotatable bonds is 1. The van der Waals surface area contributed by atoms with E-state index in [2.05, 4.69) is 0 Å². The first kappa shape index (κ1) is 12.3. The van der Waals surface area contributed by atoms with Crippen molar-refractivity contribution >= 4 is 29.0 Å². The third-order valence-corrected chi connectivity index (χ3v) is 2.40. The standard InChI is InChI=1S/C8H2Cl2F4O/c9-5-3(7(15)8(12,13)14)1-2-4(11)6(5)10/h1-2H. The maximum atomic E-state index is 12.7. The molecule has 0 aliphatic heterocycles. The lowest BCUT2D eigenvalue weighted by molar-refractivity contribution is -0.0885. The van der Waals surface area contributed by atoms with E-state index in [1.165, 1.54) is 0 Å². The summed E-state index contributed by atoms with van der Waals surface area (Å²) in [6.45, 7) is 0. The van der Waals surface area contributed by atoms with Crippen LogP contribution in [0.4, 0.5) is 17.6 Å². The van der Waals surface area contributed by atoms with E-state index in [0.717, 1.165) is 0 Å². The van der Waals surface area contributed by atoms with Crippen molar-refractivity contribution in [2.24, 2.45) is 0 Å². The Hall–Kier alpha value is -0.810. The summed E-state index contributed by atoms with van der Waals surface area (Å²) in [7, 11) is 0. The van der Waals surface area contributed by atoms with Gasteiger partial charge in [0.2, 0.25) is 0 Å². The van der Waals surface area contributed by atoms with Gasteiger partial charge >= 0.3 is 6.18 Å². The average Bonchev–Trinajstić information content (AvgIpc) is 2.12. The van der Waals surface area contributed by atoms with E-state index in [1.807, 2.05) is 0 Å². The zero-order chi connectivity index (χ0) is 11.8. The number of ketones is 1. The summed E-state index contributed by atoms with van der Waals surface area (Å²) in [5.41, 5.74) is -0.865. The van der Waals surface area contributed by atoms with E-state index in [0.29, 0.717) is 12.1 Å². The van der Waals surface area contributed by atoms with Crippen LogP contribution in [0.5, 0.6) is 0 Å². The van der Waals surface area contributed by atoms with Gasteiger partial charge in [0.15, 0.2) is 0 Å². The summed E-state index contributed by atoms with van der Waals surface area (Å²) in [4.78, 5) is 10.8. The summed E-state index contributed by atoms with van der Waals surface area (Å²) in [5, 5.41) is -1.44. The second-order valence-corrected chi connectivity index (χ2v) is 3.31. The fraction of sp³-hybridized carbons (Fsp3) is 0.125. The SMILES string of the molecule is O=C(c1ccc(F)c(Cl)c1Cl)C(F)(F)F. The molecule has 0 heterocycles. The second-order valence-electron chi connectivity index (χ2n) is 2.55. The highest BCUT2D eigenvalue weighted by Gasteiger charge is 2.40. The van der Waals surface area contributed by atoms with Gasteiger partial charge in [-0.1, -0.05) is 23.2 Å². The highest BCUT2D eigenvalue weighted by atomic mass is 35.5. The molecular formula is C8H2Cl2F4O. The minimum Gasteiger partial charge on any atom is -0.284 e. The second kappa shape index (κ2) is 3.98. The van der Waals surface area contributed by atoms with Crippen LogP contribution in [0.2, 0.25) is 10.0 Å². The number of benzene rings is 1. The largest absolute Gasteiger partial charge is 0.454 e. The Morgan fingerprint density at radius 1 is 1.13 bits per heavy atom. The van der Waals surface area contributed by atoms with Crippen LogP contribution < -0.4 is 0 Å². The van der Waals surface area contributed by atoms with Gasteiger partial charge in [-0.2, -0.15) is 13.2 Å². The topological polar surface area (TPSA) is 17.1 Å². The summed E-state index contributed by atoms with van der Waals surface area (Å²) in [5.74, 6) is -3.14. The molecule has 0 fully saturated rings. The molecule has 0 saturated heterocycles. The maximum Gasteiger partial charge on any atom is 0.454 e. The molecule has 1 aromatic rings. The van der Waals surface area contributed by atoms with Crippen LogP contribution in [-0.2, 0) is 0 Å². The van der Waals surface area contributed by atoms with Crippen LogP contribution in [-0.4, -0.2) is 12.0 Å². The maximum absolute atomic E-state index is 12.7. The molecule has 0 amide bonds. The number of carbonyl (C=O) groups is 1. The van der Waals surface area contributed by atoms with Gasteiger partial charge in [0, 0.05) is 5.56 Å². The first-order valence-electron chi connectivity index (χ1n) is 3.50. The smallest absolute Gasteiger partial charge is 0.284 e. The van der Waals surface area contributed by atoms with Crippen molar-refractivity contribution in [1.29, 1.82) is 0 Å². The molecule has 0 N–H and O–H groups in total. The van der Waals surface area contributed by atoms with E-state index in [1.54, 1.807) is 0 Å². The molecular weight excluding hydrogens is 259 g/mol. The first-order valence-corrected chi connectivity index (χ1v) is 4.25. The summed E-state index contributed by atoms with van der Waals surface area (Å²) >= 11 is 10.6. The molecule has 0 bridgehead atoms. The molecule has 15 heavy (non-hydrogen) atoms. The monoisotopic (exact) mass is 260 g/mol. The lowest BCUT2D eigenvalue weighted by Crippen LogP contribution is -2.23. The van der Waals surface area contributed by atoms with Gasteiger partial charge < -0.3 is 0 Å². The average molecular weight is 261 g/mol. The predicted octanol–water partition coefficient (Wildman–Crippen LogP) is 3.88. The van der Waals surface area contributed by atoms with Crippen molar-refractivity contribution in [3.05, 3.63) is 33.6 Å². The normalized spacial score (nSPS) is 11.6. The van der Waals surface area contributed by atoms with E-state index >= 15 is 0 Å². The number of hydrogen-bond donors (Lipinski definition) is 0. The lowest BCUT2D eigenvalue weighted by Gasteiger charge is -2.07. The van der Waals surface area contributed by atoms with Crippen LogP contribution in [0.1, 0.15) is 10.4 Å². The molecule has 1 aromatic carbocycles. The molecule has 0 saturated carbocycles. The summed E-state index contributed by atoms with van der Waals surface area (Å²) < 4.78 is 48.7. The van der Waals surface area contributed by atoms with Crippen LogP contribution >= 0.6 is 23.2 Å². The van der Waals surface area contributed by atoms with Crippen LogP contribution in [0, 0.1) is 5.82 Å². The number of alkyl halides is 3. The molecule has 0 aromatic heterocycles. The van der Waals surface area contributed by atoms with Gasteiger partial charge in [0.1, 0.15) is 5.82 Å². The molecule has 0 spiro atoms. The fourth-order valence-electron chi connectivity index (χ4n) is 0.854. The van der Waals surface area contributed by atoms with Crippen LogP contribution in [0.3, 0.4) is 0 Å². The van der Waals surface area contributed by atoms with Crippen molar-refractivity contribution < 1.29 is 22.4 Å². The molecule has 0 unspecified atom stereocenters. The Morgan fingerprint density at radius 2 is 1.67 bits per heavy atom. The van der Waals surface area contributed by atoms with E-state index in [9.17, 15) is 22.4 Å². The van der Waals surface area contributed by atoms with Crippen molar-refractivity contribution in [3.63, 3.8) is 0 Å². The van der Waals surface area contributed by atoms with Gasteiger partial charge in [-0.3, -0.25) is 4.79 Å². The Morgan fingerprint density at radius 3 is 2.13 bits per heavy atom. The van der Waals surface area contributed by atoms with E-state index in [4.69, 9.17) is 23.2 Å². The molecule has 7 heteroatoms. The molecule has 0 radical (unpaired) electrons. The van der Waals surface area contributed by atoms with Crippen molar-refractivity contribution in [3.8, 4) is 0 Å². The minimum absolute atomic E-state index is 0.638. The Balaban J connectivity index is 3.29. The van der Waals surface area contributed by atoms with Gasteiger partial charge in [-0.15, -0.1) is 0 Å². The molecule has 0 atom stereocenters. The predicted molar refractivity (Wildman–Crippen MR) is 46.8 cm³/mol. The highest BCUT2D eigenvalue weighted by Crippen LogP contribution is 2.32. The van der Waals surface area contributed by atoms with Crippen LogP contribution in [0.25, 0.3) is 0 Å². The van der Waals surface area contributed by atoms with Gasteiger partial charge in [-0.25, -0.2) is 4.39 Å². The fourth-order valence-corrected chi connectivity index (χ4v) is 1.26. The van der Waals surface area contributed by atoms with Crippen molar-refractivity contribution in [2.45, 2.75) is 6.18 Å². The molecule has 82 valence electrons. The van der Waals surface area contributed by atoms with E-state index < -0.39 is 33.4 Å². The molecule has 0 aliphatic carbocycles. The number of hydrogen-bond acceptors (Lipinski definition) is 1. The van der Waals surface area contributed by atoms with Gasteiger partial charge in [-0.05, 0) is 12.1 Å². The Bertz CT molecular complexity index is 414. The Labute approximate surface area is 91.6 Å². The molecule has 1 nitrogen and oxygen atoms in total. The zero-order valence-corrected chi connectivity index (χ0v) is 8.34. The lowest BCUT2D eigenvalue weighted by atomic mass is 10.1. The van der Waals surface area contributed by atoms with Gasteiger partial charge in [0.05, 0.1) is 10.0 Å². The van der Waals surface area contributed by atoms with Crippen LogP contribution in [0.15, 0.2) is 12.1 Å².